The summed E-state index contributed by atoms with van der Waals surface area (Å²) in [5.74, 6) is -0.756. The Hall–Kier alpha value is -3.18. The quantitative estimate of drug-likeness (QED) is 0.636. The first kappa shape index (κ1) is 22.0. The largest absolute Gasteiger partial charge is 0.446 e. The summed E-state index contributed by atoms with van der Waals surface area (Å²) in [6.45, 7) is 1.94. The smallest absolute Gasteiger partial charge is 0.410 e. The van der Waals surface area contributed by atoms with Crippen molar-refractivity contribution < 1.29 is 23.5 Å². The summed E-state index contributed by atoms with van der Waals surface area (Å²) in [6.07, 6.45) is 2.98. The molecule has 0 saturated carbocycles. The SMILES string of the molecule is NC(=O)c1cn([C@H]2CCN(C(=O)OC3CCOCC3)C[C@H]2N)nc1Nc1ccc(F)cc1. The second kappa shape index (κ2) is 9.53. The van der Waals surface area contributed by atoms with Gasteiger partial charge in [0.2, 0.25) is 0 Å². The van der Waals surface area contributed by atoms with E-state index in [-0.39, 0.29) is 35.4 Å². The summed E-state index contributed by atoms with van der Waals surface area (Å²) in [5.41, 5.74) is 12.6. The number of nitrogens with zero attached hydrogens (tertiary/aromatic N) is 3. The fourth-order valence-corrected chi connectivity index (χ4v) is 3.98. The van der Waals surface area contributed by atoms with Gasteiger partial charge in [-0.05, 0) is 30.7 Å². The van der Waals surface area contributed by atoms with Crippen molar-refractivity contribution in [3.63, 3.8) is 0 Å². The molecule has 0 bridgehead atoms. The maximum Gasteiger partial charge on any atom is 0.410 e. The van der Waals surface area contributed by atoms with Crippen LogP contribution in [0.25, 0.3) is 0 Å². The molecule has 2 fully saturated rings. The third-order valence-corrected chi connectivity index (χ3v) is 5.76. The zero-order chi connectivity index (χ0) is 22.7. The van der Waals surface area contributed by atoms with Gasteiger partial charge in [0, 0.05) is 43.9 Å². The number of halogens is 1. The molecule has 10 nitrogen and oxygen atoms in total. The van der Waals surface area contributed by atoms with Crippen molar-refractivity contribution >= 4 is 23.5 Å². The summed E-state index contributed by atoms with van der Waals surface area (Å²) in [5, 5.41) is 7.46. The molecule has 11 heteroatoms. The number of hydrogen-bond donors (Lipinski definition) is 3. The van der Waals surface area contributed by atoms with E-state index in [2.05, 4.69) is 10.4 Å². The van der Waals surface area contributed by atoms with E-state index in [0.717, 1.165) is 0 Å². The van der Waals surface area contributed by atoms with Crippen molar-refractivity contribution in [3.05, 3.63) is 41.8 Å². The highest BCUT2D eigenvalue weighted by atomic mass is 19.1. The maximum absolute atomic E-state index is 13.2. The Morgan fingerprint density at radius 2 is 1.91 bits per heavy atom. The average molecular weight is 446 g/mol. The Morgan fingerprint density at radius 1 is 1.19 bits per heavy atom. The number of ether oxygens (including phenoxy) is 2. The lowest BCUT2D eigenvalue weighted by atomic mass is 10.0. The number of carbonyl (C=O) groups excluding carboxylic acids is 2. The summed E-state index contributed by atoms with van der Waals surface area (Å²) in [4.78, 5) is 26.1. The monoisotopic (exact) mass is 446 g/mol. The summed E-state index contributed by atoms with van der Waals surface area (Å²) >= 11 is 0. The number of piperidine rings is 1. The Balaban J connectivity index is 1.43. The third kappa shape index (κ3) is 5.00. The van der Waals surface area contributed by atoms with E-state index < -0.39 is 11.9 Å². The minimum Gasteiger partial charge on any atom is -0.446 e. The molecule has 1 aromatic heterocycles. The molecule has 2 aliphatic heterocycles. The first-order valence-corrected chi connectivity index (χ1v) is 10.6. The first-order chi connectivity index (χ1) is 15.4. The Kier molecular flexibility index (Phi) is 6.56. The number of benzene rings is 1. The zero-order valence-corrected chi connectivity index (χ0v) is 17.6. The van der Waals surface area contributed by atoms with Crippen LogP contribution in [0.4, 0.5) is 20.7 Å². The van der Waals surface area contributed by atoms with Gasteiger partial charge in [-0.25, -0.2) is 9.18 Å². The van der Waals surface area contributed by atoms with Crippen LogP contribution in [0.1, 0.15) is 35.7 Å². The van der Waals surface area contributed by atoms with Gasteiger partial charge in [0.05, 0.1) is 19.3 Å². The number of primary amides is 1. The number of likely N-dealkylation sites (tertiary alicyclic amines) is 1. The molecule has 2 saturated heterocycles. The molecule has 3 heterocycles. The number of hydrogen-bond acceptors (Lipinski definition) is 7. The molecular weight excluding hydrogens is 419 g/mol. The van der Waals surface area contributed by atoms with Crippen molar-refractivity contribution in [1.29, 1.82) is 0 Å². The predicted octanol–water partition coefficient (Wildman–Crippen LogP) is 1.75. The number of anilines is 2. The molecule has 4 rings (SSSR count). The van der Waals surface area contributed by atoms with Gasteiger partial charge in [0.1, 0.15) is 17.5 Å². The van der Waals surface area contributed by atoms with Gasteiger partial charge in [-0.3, -0.25) is 9.48 Å². The third-order valence-electron chi connectivity index (χ3n) is 5.76. The molecule has 2 amide bonds. The standard InChI is InChI=1S/C21H27FN6O4/c22-13-1-3-14(4-2-13)25-20-16(19(24)29)11-28(26-20)18-5-8-27(12-17(18)23)21(30)32-15-6-9-31-10-7-15/h1-4,11,15,17-18H,5-10,12,23H2,(H2,24,29)(H,25,26)/t17-,18+/m1/s1. The number of aromatic nitrogens is 2. The predicted molar refractivity (Wildman–Crippen MR) is 114 cm³/mol. The number of nitrogens with one attached hydrogen (secondary N) is 1. The van der Waals surface area contributed by atoms with E-state index in [1.807, 2.05) is 0 Å². The Morgan fingerprint density at radius 3 is 2.56 bits per heavy atom. The molecular formula is C21H27FN6O4. The Bertz CT molecular complexity index is 960. The molecule has 172 valence electrons. The van der Waals surface area contributed by atoms with E-state index in [1.54, 1.807) is 15.8 Å². The molecule has 32 heavy (non-hydrogen) atoms. The van der Waals surface area contributed by atoms with Crippen LogP contribution in [0, 0.1) is 5.82 Å². The van der Waals surface area contributed by atoms with Crippen molar-refractivity contribution in [2.24, 2.45) is 11.5 Å². The van der Waals surface area contributed by atoms with Crippen LogP contribution in [0.2, 0.25) is 0 Å². The fraction of sp³-hybridized carbons (Fsp3) is 0.476. The van der Waals surface area contributed by atoms with Gasteiger partial charge in [0.15, 0.2) is 5.82 Å². The number of rotatable bonds is 5. The molecule has 0 radical (unpaired) electrons. The van der Waals surface area contributed by atoms with Gasteiger partial charge < -0.3 is 31.2 Å². The van der Waals surface area contributed by atoms with Crippen LogP contribution in [-0.4, -0.2) is 65.1 Å². The lowest BCUT2D eigenvalue weighted by Gasteiger charge is -2.37. The Labute approximate surface area is 184 Å². The number of nitrogens with two attached hydrogens (primary N) is 2. The van der Waals surface area contributed by atoms with Crippen molar-refractivity contribution in [2.75, 3.05) is 31.6 Å². The van der Waals surface area contributed by atoms with Gasteiger partial charge in [-0.1, -0.05) is 0 Å². The van der Waals surface area contributed by atoms with Crippen LogP contribution in [0.5, 0.6) is 0 Å². The van der Waals surface area contributed by atoms with E-state index in [1.165, 1.54) is 24.3 Å². The van der Waals surface area contributed by atoms with Crippen LogP contribution in [0.3, 0.4) is 0 Å². The minimum absolute atomic E-state index is 0.130. The fourth-order valence-electron chi connectivity index (χ4n) is 3.98. The lowest BCUT2D eigenvalue weighted by molar-refractivity contribution is -0.0139. The van der Waals surface area contributed by atoms with E-state index in [0.29, 0.717) is 51.3 Å². The molecule has 2 aromatic rings. The highest BCUT2D eigenvalue weighted by molar-refractivity contribution is 5.98. The van der Waals surface area contributed by atoms with E-state index >= 15 is 0 Å². The summed E-state index contributed by atoms with van der Waals surface area (Å²) < 4.78 is 25.6. The molecule has 5 N–H and O–H groups in total. The normalized spacial score (nSPS) is 21.9. The molecule has 2 atom stereocenters. The van der Waals surface area contributed by atoms with Crippen molar-refractivity contribution in [3.8, 4) is 0 Å². The first-order valence-electron chi connectivity index (χ1n) is 10.6. The van der Waals surface area contributed by atoms with E-state index in [4.69, 9.17) is 20.9 Å². The van der Waals surface area contributed by atoms with Gasteiger partial charge >= 0.3 is 6.09 Å². The highest BCUT2D eigenvalue weighted by Crippen LogP contribution is 2.27. The van der Waals surface area contributed by atoms with Crippen LogP contribution in [0.15, 0.2) is 30.5 Å². The topological polar surface area (TPSA) is 138 Å². The maximum atomic E-state index is 13.2. The lowest BCUT2D eigenvalue weighted by Crippen LogP contribution is -2.51. The molecule has 0 unspecified atom stereocenters. The van der Waals surface area contributed by atoms with Crippen molar-refractivity contribution in [1.82, 2.24) is 14.7 Å². The van der Waals surface area contributed by atoms with Crippen LogP contribution < -0.4 is 16.8 Å². The molecule has 0 spiro atoms. The van der Waals surface area contributed by atoms with Crippen LogP contribution in [-0.2, 0) is 9.47 Å². The van der Waals surface area contributed by atoms with Crippen molar-refractivity contribution in [2.45, 2.75) is 37.5 Å². The second-order valence-corrected chi connectivity index (χ2v) is 8.03. The molecule has 1 aromatic carbocycles. The minimum atomic E-state index is -0.646. The van der Waals surface area contributed by atoms with Crippen LogP contribution >= 0.6 is 0 Å². The van der Waals surface area contributed by atoms with Gasteiger partial charge in [0.25, 0.3) is 5.91 Å². The van der Waals surface area contributed by atoms with Gasteiger partial charge in [-0.2, -0.15) is 5.10 Å². The number of amides is 2. The van der Waals surface area contributed by atoms with E-state index in [9.17, 15) is 14.0 Å². The second-order valence-electron chi connectivity index (χ2n) is 8.03. The van der Waals surface area contributed by atoms with Gasteiger partial charge in [-0.15, -0.1) is 0 Å². The summed E-state index contributed by atoms with van der Waals surface area (Å²) in [7, 11) is 0. The summed E-state index contributed by atoms with van der Waals surface area (Å²) in [6, 6.07) is 5.03. The average Bonchev–Trinajstić information content (AvgIpc) is 3.19. The zero-order valence-electron chi connectivity index (χ0n) is 17.6. The molecule has 0 aliphatic carbocycles. The highest BCUT2D eigenvalue weighted by Gasteiger charge is 2.33. The number of carbonyl (C=O) groups is 2. The molecule has 2 aliphatic rings.